The second-order valence-electron chi connectivity index (χ2n) is 5.47. The van der Waals surface area contributed by atoms with Crippen LogP contribution >= 0.6 is 0 Å². The van der Waals surface area contributed by atoms with E-state index < -0.39 is 5.41 Å². The lowest BCUT2D eigenvalue weighted by molar-refractivity contribution is -0.155. The Kier molecular flexibility index (Phi) is 4.03. The van der Waals surface area contributed by atoms with Gasteiger partial charge in [0.2, 0.25) is 0 Å². The Hall–Kier alpha value is -1.64. The molecule has 0 radical (unpaired) electrons. The molecule has 0 saturated heterocycles. The Morgan fingerprint density at radius 2 is 1.79 bits per heavy atom. The Bertz CT molecular complexity index is 463. The number of aryl methyl sites for hydroxylation is 1. The van der Waals surface area contributed by atoms with E-state index in [9.17, 15) is 9.59 Å². The van der Waals surface area contributed by atoms with Crippen molar-refractivity contribution in [1.29, 1.82) is 0 Å². The minimum Gasteiger partial charge on any atom is -0.469 e. The van der Waals surface area contributed by atoms with Crippen molar-refractivity contribution in [2.45, 2.75) is 39.0 Å². The molecule has 1 aliphatic rings. The number of rotatable bonds is 3. The topological polar surface area (TPSA) is 43.4 Å². The van der Waals surface area contributed by atoms with Crippen molar-refractivity contribution in [3.05, 3.63) is 35.4 Å². The van der Waals surface area contributed by atoms with Crippen LogP contribution in [0.2, 0.25) is 0 Å². The van der Waals surface area contributed by atoms with Crippen molar-refractivity contribution in [3.63, 3.8) is 0 Å². The summed E-state index contributed by atoms with van der Waals surface area (Å²) in [6, 6.07) is 8.20. The van der Waals surface area contributed by atoms with E-state index in [4.69, 9.17) is 4.74 Å². The lowest BCUT2D eigenvalue weighted by atomic mass is 9.70. The van der Waals surface area contributed by atoms with Gasteiger partial charge in [-0.3, -0.25) is 9.59 Å². The van der Waals surface area contributed by atoms with Crippen LogP contribution in [0.5, 0.6) is 0 Å². The SMILES string of the molecule is COC(=O)C1(Cc2ccc(C)cc2)CCC(=O)CC1. The normalized spacial score (nSPS) is 18.1. The number of benzene rings is 1. The maximum atomic E-state index is 12.1. The maximum absolute atomic E-state index is 12.1. The quantitative estimate of drug-likeness (QED) is 0.785. The Morgan fingerprint density at radius 3 is 2.32 bits per heavy atom. The molecule has 0 amide bonds. The highest BCUT2D eigenvalue weighted by molar-refractivity contribution is 5.84. The summed E-state index contributed by atoms with van der Waals surface area (Å²) in [6.07, 6.45) is 2.84. The van der Waals surface area contributed by atoms with Crippen LogP contribution < -0.4 is 0 Å². The van der Waals surface area contributed by atoms with E-state index in [-0.39, 0.29) is 11.8 Å². The van der Waals surface area contributed by atoms with Crippen LogP contribution in [0.3, 0.4) is 0 Å². The van der Waals surface area contributed by atoms with Crippen LogP contribution in [0.4, 0.5) is 0 Å². The molecule has 0 aromatic heterocycles. The third-order valence-corrected chi connectivity index (χ3v) is 4.05. The van der Waals surface area contributed by atoms with Crippen molar-refractivity contribution >= 4 is 11.8 Å². The van der Waals surface area contributed by atoms with Gasteiger partial charge >= 0.3 is 5.97 Å². The molecule has 1 aromatic carbocycles. The van der Waals surface area contributed by atoms with Crippen molar-refractivity contribution < 1.29 is 14.3 Å². The highest BCUT2D eigenvalue weighted by Gasteiger charge is 2.42. The van der Waals surface area contributed by atoms with Gasteiger partial charge in [0, 0.05) is 12.8 Å². The van der Waals surface area contributed by atoms with Gasteiger partial charge in [-0.1, -0.05) is 29.8 Å². The molecule has 1 aliphatic carbocycles. The largest absolute Gasteiger partial charge is 0.469 e. The van der Waals surface area contributed by atoms with Gasteiger partial charge in [-0.25, -0.2) is 0 Å². The molecule has 0 spiro atoms. The Balaban J connectivity index is 2.21. The van der Waals surface area contributed by atoms with Gasteiger partial charge in [0.1, 0.15) is 5.78 Å². The first kappa shape index (κ1) is 13.8. The summed E-state index contributed by atoms with van der Waals surface area (Å²) >= 11 is 0. The molecule has 1 saturated carbocycles. The third-order valence-electron chi connectivity index (χ3n) is 4.05. The number of carbonyl (C=O) groups is 2. The van der Waals surface area contributed by atoms with Gasteiger partial charge in [-0.15, -0.1) is 0 Å². The lowest BCUT2D eigenvalue weighted by Gasteiger charge is -2.34. The average Bonchev–Trinajstić information content (AvgIpc) is 2.43. The summed E-state index contributed by atoms with van der Waals surface area (Å²) in [7, 11) is 1.43. The number of hydrogen-bond acceptors (Lipinski definition) is 3. The molecular weight excluding hydrogens is 240 g/mol. The molecule has 0 atom stereocenters. The number of hydrogen-bond donors (Lipinski definition) is 0. The fourth-order valence-electron chi connectivity index (χ4n) is 2.77. The number of ketones is 1. The summed E-state index contributed by atoms with van der Waals surface area (Å²) < 4.78 is 4.97. The fraction of sp³-hybridized carbons (Fsp3) is 0.500. The van der Waals surface area contributed by atoms with E-state index in [0.717, 1.165) is 5.56 Å². The number of Topliss-reactive ketones (excluding diaryl/α,β-unsaturated/α-hetero) is 1. The van der Waals surface area contributed by atoms with Crippen LogP contribution in [-0.4, -0.2) is 18.9 Å². The zero-order chi connectivity index (χ0) is 13.9. The predicted octanol–water partition coefficient (Wildman–Crippen LogP) is 2.84. The van der Waals surface area contributed by atoms with E-state index >= 15 is 0 Å². The average molecular weight is 260 g/mol. The molecule has 0 unspecified atom stereocenters. The zero-order valence-electron chi connectivity index (χ0n) is 11.6. The first-order valence-electron chi connectivity index (χ1n) is 6.71. The second-order valence-corrected chi connectivity index (χ2v) is 5.47. The first-order chi connectivity index (χ1) is 9.05. The monoisotopic (exact) mass is 260 g/mol. The molecule has 2 rings (SSSR count). The van der Waals surface area contributed by atoms with Crippen LogP contribution in [0.1, 0.15) is 36.8 Å². The van der Waals surface area contributed by atoms with E-state index in [0.29, 0.717) is 32.1 Å². The summed E-state index contributed by atoms with van der Waals surface area (Å²) in [6.45, 7) is 2.04. The van der Waals surface area contributed by atoms with Crippen molar-refractivity contribution in [1.82, 2.24) is 0 Å². The number of ether oxygens (including phenoxy) is 1. The number of carbonyl (C=O) groups excluding carboxylic acids is 2. The molecular formula is C16H20O3. The molecule has 3 heteroatoms. The van der Waals surface area contributed by atoms with Crippen molar-refractivity contribution in [2.75, 3.05) is 7.11 Å². The molecule has 0 heterocycles. The van der Waals surface area contributed by atoms with Gasteiger partial charge in [0.15, 0.2) is 0 Å². The summed E-state index contributed by atoms with van der Waals surface area (Å²) in [5, 5.41) is 0. The molecule has 1 fully saturated rings. The summed E-state index contributed by atoms with van der Waals surface area (Å²) in [4.78, 5) is 23.5. The van der Waals surface area contributed by atoms with E-state index in [1.165, 1.54) is 12.7 Å². The molecule has 0 bridgehead atoms. The van der Waals surface area contributed by atoms with Crippen molar-refractivity contribution in [2.24, 2.45) is 5.41 Å². The van der Waals surface area contributed by atoms with Crippen LogP contribution in [0.25, 0.3) is 0 Å². The minimum absolute atomic E-state index is 0.180. The van der Waals surface area contributed by atoms with E-state index in [2.05, 4.69) is 12.1 Å². The molecule has 0 aliphatic heterocycles. The highest BCUT2D eigenvalue weighted by Crippen LogP contribution is 2.39. The Labute approximate surface area is 114 Å². The Morgan fingerprint density at radius 1 is 1.21 bits per heavy atom. The molecule has 1 aromatic rings. The number of esters is 1. The van der Waals surface area contributed by atoms with Gasteiger partial charge in [0.25, 0.3) is 0 Å². The second kappa shape index (κ2) is 5.55. The highest BCUT2D eigenvalue weighted by atomic mass is 16.5. The minimum atomic E-state index is -0.516. The van der Waals surface area contributed by atoms with E-state index in [1.54, 1.807) is 0 Å². The molecule has 102 valence electrons. The standard InChI is InChI=1S/C16H20O3/c1-12-3-5-13(6-4-12)11-16(15(18)19-2)9-7-14(17)8-10-16/h3-6H,7-11H2,1-2H3. The van der Waals surface area contributed by atoms with Gasteiger partial charge in [-0.2, -0.15) is 0 Å². The zero-order valence-corrected chi connectivity index (χ0v) is 11.6. The van der Waals surface area contributed by atoms with Gasteiger partial charge < -0.3 is 4.74 Å². The third kappa shape index (κ3) is 3.03. The van der Waals surface area contributed by atoms with Gasteiger partial charge in [0.05, 0.1) is 12.5 Å². The predicted molar refractivity (Wildman–Crippen MR) is 72.8 cm³/mol. The lowest BCUT2D eigenvalue weighted by Crippen LogP contribution is -2.38. The fourth-order valence-corrected chi connectivity index (χ4v) is 2.77. The molecule has 0 N–H and O–H groups in total. The van der Waals surface area contributed by atoms with Gasteiger partial charge in [-0.05, 0) is 31.7 Å². The summed E-state index contributed by atoms with van der Waals surface area (Å²) in [5.41, 5.74) is 1.82. The van der Waals surface area contributed by atoms with Crippen LogP contribution in [0.15, 0.2) is 24.3 Å². The van der Waals surface area contributed by atoms with Crippen LogP contribution in [0, 0.1) is 12.3 Å². The van der Waals surface area contributed by atoms with Crippen LogP contribution in [-0.2, 0) is 20.7 Å². The smallest absolute Gasteiger partial charge is 0.312 e. The molecule has 19 heavy (non-hydrogen) atoms. The molecule has 3 nitrogen and oxygen atoms in total. The summed E-state index contributed by atoms with van der Waals surface area (Å²) in [5.74, 6) is 0.0732. The maximum Gasteiger partial charge on any atom is 0.312 e. The van der Waals surface area contributed by atoms with Crippen molar-refractivity contribution in [3.8, 4) is 0 Å². The van der Waals surface area contributed by atoms with E-state index in [1.807, 2.05) is 19.1 Å². The number of methoxy groups -OCH3 is 1. The first-order valence-corrected chi connectivity index (χ1v) is 6.71.